The third-order valence-corrected chi connectivity index (χ3v) is 4.95. The highest BCUT2D eigenvalue weighted by Gasteiger charge is 2.11. The van der Waals surface area contributed by atoms with E-state index in [9.17, 15) is 9.90 Å². The Morgan fingerprint density at radius 3 is 2.46 bits per heavy atom. The van der Waals surface area contributed by atoms with Crippen molar-refractivity contribution in [2.75, 3.05) is 23.3 Å². The minimum absolute atomic E-state index is 0.229. The van der Waals surface area contributed by atoms with Crippen LogP contribution >= 0.6 is 11.3 Å². The molecule has 0 fully saturated rings. The normalized spacial score (nSPS) is 10.5. The maximum Gasteiger partial charge on any atom is 0.337 e. The molecule has 2 aromatic carbocycles. The zero-order valence-corrected chi connectivity index (χ0v) is 15.6. The molecule has 134 valence electrons. The van der Waals surface area contributed by atoms with E-state index in [1.165, 1.54) is 17.0 Å². The number of anilines is 3. The number of carboxylic acids is 1. The van der Waals surface area contributed by atoms with Gasteiger partial charge in [0.25, 0.3) is 0 Å². The van der Waals surface area contributed by atoms with Crippen molar-refractivity contribution in [3.63, 3.8) is 0 Å². The monoisotopic (exact) mass is 367 g/mol. The lowest BCUT2D eigenvalue weighted by Gasteiger charge is -2.20. The Balaban J connectivity index is 1.79. The molecule has 0 aliphatic rings. The second-order valence-corrected chi connectivity index (χ2v) is 6.59. The summed E-state index contributed by atoms with van der Waals surface area (Å²) in [4.78, 5) is 18.2. The van der Waals surface area contributed by atoms with Crippen LogP contribution in [-0.2, 0) is 0 Å². The van der Waals surface area contributed by atoms with Crippen molar-refractivity contribution >= 4 is 33.8 Å². The summed E-state index contributed by atoms with van der Waals surface area (Å²) in [5.74, 6) is -0.961. The maximum absolute atomic E-state index is 11.3. The van der Waals surface area contributed by atoms with Gasteiger partial charge in [-0.1, -0.05) is 24.3 Å². The van der Waals surface area contributed by atoms with Crippen LogP contribution in [-0.4, -0.2) is 29.1 Å². The third kappa shape index (κ3) is 3.86. The molecule has 3 rings (SSSR count). The van der Waals surface area contributed by atoms with E-state index in [4.69, 9.17) is 0 Å². The highest BCUT2D eigenvalue weighted by Crippen LogP contribution is 2.29. The largest absolute Gasteiger partial charge is 0.478 e. The summed E-state index contributed by atoms with van der Waals surface area (Å²) in [7, 11) is 0. The minimum Gasteiger partial charge on any atom is -0.478 e. The minimum atomic E-state index is -0.961. The summed E-state index contributed by atoms with van der Waals surface area (Å²) in [5.41, 5.74) is 3.88. The molecule has 26 heavy (non-hydrogen) atoms. The van der Waals surface area contributed by atoms with Crippen molar-refractivity contribution < 1.29 is 9.90 Å². The van der Waals surface area contributed by atoms with Crippen molar-refractivity contribution in [2.24, 2.45) is 0 Å². The number of rotatable bonds is 7. The molecule has 0 aliphatic heterocycles. The van der Waals surface area contributed by atoms with E-state index in [-0.39, 0.29) is 5.56 Å². The van der Waals surface area contributed by atoms with Crippen LogP contribution in [0.3, 0.4) is 0 Å². The maximum atomic E-state index is 11.3. The van der Waals surface area contributed by atoms with Gasteiger partial charge in [-0.25, -0.2) is 9.78 Å². The van der Waals surface area contributed by atoms with E-state index in [1.54, 1.807) is 24.3 Å². The van der Waals surface area contributed by atoms with Gasteiger partial charge in [-0.05, 0) is 38.1 Å². The van der Waals surface area contributed by atoms with Crippen LogP contribution in [0.25, 0.3) is 11.3 Å². The first kappa shape index (κ1) is 17.9. The molecule has 6 heteroatoms. The fraction of sp³-hybridized carbons (Fsp3) is 0.200. The molecule has 0 bridgehead atoms. The summed E-state index contributed by atoms with van der Waals surface area (Å²) in [5, 5.41) is 15.0. The molecule has 1 aromatic heterocycles. The van der Waals surface area contributed by atoms with Crippen LogP contribution in [0.1, 0.15) is 24.2 Å². The SMILES string of the molecule is CCN(CC)c1ccc(-c2csc(Nc3ccccc3C(=O)O)n2)cc1. The van der Waals surface area contributed by atoms with Crippen LogP contribution in [0.5, 0.6) is 0 Å². The predicted octanol–water partition coefficient (Wildman–Crippen LogP) is 5.10. The molecule has 0 atom stereocenters. The lowest BCUT2D eigenvalue weighted by molar-refractivity contribution is 0.0698. The third-order valence-electron chi connectivity index (χ3n) is 4.19. The average Bonchev–Trinajstić information content (AvgIpc) is 3.12. The van der Waals surface area contributed by atoms with Gasteiger partial charge in [-0.3, -0.25) is 0 Å². The van der Waals surface area contributed by atoms with Gasteiger partial charge in [0.05, 0.1) is 16.9 Å². The lowest BCUT2D eigenvalue weighted by atomic mass is 10.1. The van der Waals surface area contributed by atoms with Gasteiger partial charge < -0.3 is 15.3 Å². The lowest BCUT2D eigenvalue weighted by Crippen LogP contribution is -2.21. The summed E-state index contributed by atoms with van der Waals surface area (Å²) >= 11 is 1.45. The second kappa shape index (κ2) is 8.01. The van der Waals surface area contributed by atoms with Crippen LogP contribution in [0.2, 0.25) is 0 Å². The molecular formula is C20H21N3O2S. The number of aromatic carboxylic acids is 1. The molecule has 2 N–H and O–H groups in total. The Morgan fingerprint density at radius 2 is 1.81 bits per heavy atom. The first-order chi connectivity index (χ1) is 12.6. The summed E-state index contributed by atoms with van der Waals surface area (Å²) in [6.45, 7) is 6.24. The number of aromatic nitrogens is 1. The van der Waals surface area contributed by atoms with Crippen LogP contribution < -0.4 is 10.2 Å². The van der Waals surface area contributed by atoms with Gasteiger partial charge in [0.15, 0.2) is 5.13 Å². The Morgan fingerprint density at radius 1 is 1.12 bits per heavy atom. The van der Waals surface area contributed by atoms with Crippen molar-refractivity contribution in [1.29, 1.82) is 0 Å². The molecule has 0 spiro atoms. The summed E-state index contributed by atoms with van der Waals surface area (Å²) < 4.78 is 0. The van der Waals surface area contributed by atoms with E-state index in [2.05, 4.69) is 53.3 Å². The summed E-state index contributed by atoms with van der Waals surface area (Å²) in [6, 6.07) is 15.2. The molecule has 0 amide bonds. The second-order valence-electron chi connectivity index (χ2n) is 5.73. The fourth-order valence-corrected chi connectivity index (χ4v) is 3.52. The van der Waals surface area contributed by atoms with Crippen molar-refractivity contribution in [1.82, 2.24) is 4.98 Å². The first-order valence-corrected chi connectivity index (χ1v) is 9.40. The molecule has 0 saturated carbocycles. The number of carbonyl (C=O) groups is 1. The van der Waals surface area contributed by atoms with Crippen molar-refractivity contribution in [3.05, 3.63) is 59.5 Å². The molecule has 0 unspecified atom stereocenters. The van der Waals surface area contributed by atoms with Crippen LogP contribution in [0, 0.1) is 0 Å². The Kier molecular flexibility index (Phi) is 5.53. The van der Waals surface area contributed by atoms with Crippen molar-refractivity contribution in [3.8, 4) is 11.3 Å². The number of thiazole rings is 1. The van der Waals surface area contributed by atoms with E-state index < -0.39 is 5.97 Å². The van der Waals surface area contributed by atoms with Gasteiger partial charge in [-0.15, -0.1) is 11.3 Å². The quantitative estimate of drug-likeness (QED) is 0.608. The van der Waals surface area contributed by atoms with Crippen molar-refractivity contribution in [2.45, 2.75) is 13.8 Å². The van der Waals surface area contributed by atoms with Gasteiger partial charge in [0, 0.05) is 29.7 Å². The van der Waals surface area contributed by atoms with Crippen LogP contribution in [0.15, 0.2) is 53.9 Å². The number of benzene rings is 2. The number of hydrogen-bond donors (Lipinski definition) is 2. The fourth-order valence-electron chi connectivity index (χ4n) is 2.79. The van der Waals surface area contributed by atoms with Gasteiger partial charge in [0.2, 0.25) is 0 Å². The van der Waals surface area contributed by atoms with Gasteiger partial charge >= 0.3 is 5.97 Å². The Labute approximate surface area is 156 Å². The molecule has 0 saturated heterocycles. The zero-order chi connectivity index (χ0) is 18.5. The number of hydrogen-bond acceptors (Lipinski definition) is 5. The van der Waals surface area contributed by atoms with Crippen LogP contribution in [0.4, 0.5) is 16.5 Å². The molecule has 0 aliphatic carbocycles. The molecule has 1 heterocycles. The van der Waals surface area contributed by atoms with E-state index >= 15 is 0 Å². The topological polar surface area (TPSA) is 65.5 Å². The average molecular weight is 367 g/mol. The molecule has 0 radical (unpaired) electrons. The molecule has 3 aromatic rings. The van der Waals surface area contributed by atoms with E-state index in [1.807, 2.05) is 5.38 Å². The van der Waals surface area contributed by atoms with Gasteiger partial charge in [-0.2, -0.15) is 0 Å². The number of nitrogens with zero attached hydrogens (tertiary/aromatic N) is 2. The summed E-state index contributed by atoms with van der Waals surface area (Å²) in [6.07, 6.45) is 0. The number of carboxylic acid groups (broad SMARTS) is 1. The Bertz CT molecular complexity index is 886. The number of nitrogens with one attached hydrogen (secondary N) is 1. The zero-order valence-electron chi connectivity index (χ0n) is 14.8. The highest BCUT2D eigenvalue weighted by atomic mass is 32.1. The first-order valence-electron chi connectivity index (χ1n) is 8.52. The van der Waals surface area contributed by atoms with E-state index in [0.717, 1.165) is 24.3 Å². The predicted molar refractivity (Wildman–Crippen MR) is 108 cm³/mol. The standard InChI is InChI=1S/C20H21N3O2S/c1-3-23(4-2)15-11-9-14(10-12-15)18-13-26-20(22-18)21-17-8-6-5-7-16(17)19(24)25/h5-13H,3-4H2,1-2H3,(H,21,22)(H,24,25). The Hall–Kier alpha value is -2.86. The van der Waals surface area contributed by atoms with Gasteiger partial charge in [0.1, 0.15) is 0 Å². The highest BCUT2D eigenvalue weighted by molar-refractivity contribution is 7.14. The number of para-hydroxylation sites is 1. The van der Waals surface area contributed by atoms with E-state index in [0.29, 0.717) is 10.8 Å². The molecule has 5 nitrogen and oxygen atoms in total. The molecular weight excluding hydrogens is 346 g/mol. The smallest absolute Gasteiger partial charge is 0.337 e.